The summed E-state index contributed by atoms with van der Waals surface area (Å²) in [5.41, 5.74) is -0.404. The Kier molecular flexibility index (Phi) is 2.47. The molecule has 0 unspecified atom stereocenters. The van der Waals surface area contributed by atoms with E-state index in [9.17, 15) is 9.59 Å². The summed E-state index contributed by atoms with van der Waals surface area (Å²) in [6.07, 6.45) is -0.203. The van der Waals surface area contributed by atoms with E-state index in [2.05, 4.69) is 9.15 Å². The zero-order valence-corrected chi connectivity index (χ0v) is 6.02. The summed E-state index contributed by atoms with van der Waals surface area (Å²) in [6.45, 7) is -0.279. The first-order chi connectivity index (χ1) is 5.70. The number of hydrogen-bond donors (Lipinski definition) is 1. The van der Waals surface area contributed by atoms with Crippen LogP contribution in [0.1, 0.15) is 5.56 Å². The maximum Gasteiger partial charge on any atom is 0.506 e. The van der Waals surface area contributed by atoms with E-state index in [-0.39, 0.29) is 12.2 Å². The van der Waals surface area contributed by atoms with Crippen LogP contribution >= 0.6 is 0 Å². The monoisotopic (exact) mass is 170 g/mol. The van der Waals surface area contributed by atoms with Gasteiger partial charge in [0.1, 0.15) is 6.61 Å². The lowest BCUT2D eigenvalue weighted by molar-refractivity contribution is 0.0845. The molecule has 1 rings (SSSR count). The predicted molar refractivity (Wildman–Crippen MR) is 37.8 cm³/mol. The van der Waals surface area contributed by atoms with E-state index in [1.54, 1.807) is 0 Å². The second kappa shape index (κ2) is 3.56. The van der Waals surface area contributed by atoms with E-state index < -0.39 is 11.8 Å². The van der Waals surface area contributed by atoms with Gasteiger partial charge in [0.15, 0.2) is 0 Å². The van der Waals surface area contributed by atoms with Crippen molar-refractivity contribution in [1.82, 2.24) is 0 Å². The molecule has 0 saturated carbocycles. The Morgan fingerprint density at radius 2 is 2.42 bits per heavy atom. The highest BCUT2D eigenvalue weighted by Crippen LogP contribution is 1.93. The lowest BCUT2D eigenvalue weighted by Gasteiger charge is -1.96. The van der Waals surface area contributed by atoms with Crippen molar-refractivity contribution in [3.05, 3.63) is 34.4 Å². The molecule has 0 aliphatic carbocycles. The van der Waals surface area contributed by atoms with Crippen molar-refractivity contribution in [3.8, 4) is 0 Å². The summed E-state index contributed by atoms with van der Waals surface area (Å²) in [4.78, 5) is 20.7. The van der Waals surface area contributed by atoms with Crippen LogP contribution in [0, 0.1) is 0 Å². The molecule has 0 atom stereocenters. The van der Waals surface area contributed by atoms with Crippen LogP contribution in [-0.4, -0.2) is 11.3 Å². The van der Waals surface area contributed by atoms with Gasteiger partial charge in [0, 0.05) is 0 Å². The fraction of sp³-hybridized carbons (Fsp3) is 0.143. The van der Waals surface area contributed by atoms with Gasteiger partial charge in [-0.25, -0.2) is 9.59 Å². The van der Waals surface area contributed by atoms with E-state index in [0.29, 0.717) is 0 Å². The molecular formula is C7H6O5. The molecule has 64 valence electrons. The van der Waals surface area contributed by atoms with Crippen LogP contribution in [0.4, 0.5) is 4.79 Å². The highest BCUT2D eigenvalue weighted by molar-refractivity contribution is 5.56. The fourth-order valence-corrected chi connectivity index (χ4v) is 0.647. The molecule has 0 aliphatic heterocycles. The number of carbonyl (C=O) groups is 1. The van der Waals surface area contributed by atoms with Crippen LogP contribution in [0.2, 0.25) is 0 Å². The second-order valence-electron chi connectivity index (χ2n) is 1.98. The van der Waals surface area contributed by atoms with Crippen LogP contribution in [0.15, 0.2) is 27.6 Å². The van der Waals surface area contributed by atoms with E-state index in [0.717, 1.165) is 0 Å². The van der Waals surface area contributed by atoms with Gasteiger partial charge < -0.3 is 14.3 Å². The normalized spacial score (nSPS) is 9.33. The van der Waals surface area contributed by atoms with Crippen LogP contribution in [0.5, 0.6) is 0 Å². The molecule has 1 N–H and O–H groups in total. The summed E-state index contributed by atoms with van der Waals surface area (Å²) < 4.78 is 8.63. The quantitative estimate of drug-likeness (QED) is 0.665. The first-order valence-corrected chi connectivity index (χ1v) is 3.12. The molecule has 12 heavy (non-hydrogen) atoms. The van der Waals surface area contributed by atoms with Gasteiger partial charge in [-0.1, -0.05) is 0 Å². The maximum atomic E-state index is 10.8. The van der Waals surface area contributed by atoms with Crippen molar-refractivity contribution >= 4 is 6.16 Å². The predicted octanol–water partition coefficient (Wildman–Crippen LogP) is 0.834. The van der Waals surface area contributed by atoms with Crippen molar-refractivity contribution in [1.29, 1.82) is 0 Å². The Balaban J connectivity index is 2.70. The molecule has 0 aliphatic rings. The Morgan fingerprint density at radius 1 is 1.67 bits per heavy atom. The average Bonchev–Trinajstić information content (AvgIpc) is 2.03. The van der Waals surface area contributed by atoms with E-state index >= 15 is 0 Å². The van der Waals surface area contributed by atoms with E-state index in [1.807, 2.05) is 0 Å². The van der Waals surface area contributed by atoms with Gasteiger partial charge in [0.25, 0.3) is 0 Å². The zero-order valence-electron chi connectivity index (χ0n) is 6.02. The van der Waals surface area contributed by atoms with Crippen molar-refractivity contribution in [2.75, 3.05) is 0 Å². The second-order valence-corrected chi connectivity index (χ2v) is 1.98. The molecule has 0 aromatic carbocycles. The third-order valence-electron chi connectivity index (χ3n) is 1.16. The van der Waals surface area contributed by atoms with Crippen LogP contribution in [0.3, 0.4) is 0 Å². The number of hydrogen-bond acceptors (Lipinski definition) is 4. The van der Waals surface area contributed by atoms with Crippen LogP contribution in [0.25, 0.3) is 0 Å². The summed E-state index contributed by atoms with van der Waals surface area (Å²) >= 11 is 0. The summed E-state index contributed by atoms with van der Waals surface area (Å²) in [7, 11) is 0. The molecule has 1 heterocycles. The highest BCUT2D eigenvalue weighted by atomic mass is 16.7. The molecule has 0 spiro atoms. The molecule has 1 aromatic rings. The lowest BCUT2D eigenvalue weighted by atomic mass is 10.3. The molecule has 0 radical (unpaired) electrons. The summed E-state index contributed by atoms with van der Waals surface area (Å²) in [5.74, 6) is 0. The highest BCUT2D eigenvalue weighted by Gasteiger charge is 2.02. The van der Waals surface area contributed by atoms with Crippen molar-refractivity contribution in [3.63, 3.8) is 0 Å². The Morgan fingerprint density at radius 3 is 3.00 bits per heavy atom. The van der Waals surface area contributed by atoms with Crippen molar-refractivity contribution in [2.45, 2.75) is 6.61 Å². The molecule has 0 saturated heterocycles. The molecule has 5 nitrogen and oxygen atoms in total. The van der Waals surface area contributed by atoms with Gasteiger partial charge in [0.05, 0.1) is 11.8 Å². The van der Waals surface area contributed by atoms with Gasteiger partial charge in [-0.2, -0.15) is 0 Å². The smallest absolute Gasteiger partial charge is 0.450 e. The first kappa shape index (κ1) is 8.32. The fourth-order valence-electron chi connectivity index (χ4n) is 0.647. The van der Waals surface area contributed by atoms with Gasteiger partial charge >= 0.3 is 11.8 Å². The largest absolute Gasteiger partial charge is 0.506 e. The average molecular weight is 170 g/mol. The van der Waals surface area contributed by atoms with Gasteiger partial charge in [0.2, 0.25) is 0 Å². The van der Waals surface area contributed by atoms with Gasteiger partial charge in [-0.15, -0.1) is 0 Å². The van der Waals surface area contributed by atoms with Crippen LogP contribution in [-0.2, 0) is 11.3 Å². The molecule has 0 fully saturated rings. The SMILES string of the molecule is O=C(O)OCc1cccoc1=O. The van der Waals surface area contributed by atoms with Crippen LogP contribution < -0.4 is 5.63 Å². The molecule has 0 amide bonds. The minimum atomic E-state index is -1.42. The molecule has 5 heteroatoms. The zero-order chi connectivity index (χ0) is 8.97. The third kappa shape index (κ3) is 2.12. The van der Waals surface area contributed by atoms with Crippen molar-refractivity contribution in [2.24, 2.45) is 0 Å². The molecule has 0 bridgehead atoms. The van der Waals surface area contributed by atoms with Gasteiger partial charge in [-0.3, -0.25) is 0 Å². The van der Waals surface area contributed by atoms with E-state index in [1.165, 1.54) is 18.4 Å². The third-order valence-corrected chi connectivity index (χ3v) is 1.16. The topological polar surface area (TPSA) is 76.7 Å². The Labute approximate surface area is 67.2 Å². The number of carboxylic acid groups (broad SMARTS) is 1. The minimum Gasteiger partial charge on any atom is -0.450 e. The molecular weight excluding hydrogens is 164 g/mol. The first-order valence-electron chi connectivity index (χ1n) is 3.12. The minimum absolute atomic E-state index is 0.180. The summed E-state index contributed by atoms with van der Waals surface area (Å²) in [5, 5.41) is 8.11. The summed E-state index contributed by atoms with van der Waals surface area (Å²) in [6, 6.07) is 2.93. The standard InChI is InChI=1S/C7H6O5/c8-6-5(2-1-3-11-6)4-12-7(9)10/h1-3H,4H2,(H,9,10). The van der Waals surface area contributed by atoms with E-state index in [4.69, 9.17) is 5.11 Å². The molecule has 1 aromatic heterocycles. The van der Waals surface area contributed by atoms with Crippen molar-refractivity contribution < 1.29 is 19.1 Å². The lowest BCUT2D eigenvalue weighted by Crippen LogP contribution is -2.09. The number of ether oxygens (including phenoxy) is 1. The Bertz CT molecular complexity index is 327. The Hall–Kier alpha value is -1.78. The van der Waals surface area contributed by atoms with Gasteiger partial charge in [-0.05, 0) is 12.1 Å². The number of rotatable bonds is 2. The maximum absolute atomic E-state index is 10.8.